The minimum Gasteiger partial charge on any atom is -0.497 e. The third-order valence-electron chi connectivity index (χ3n) is 3.86. The summed E-state index contributed by atoms with van der Waals surface area (Å²) in [7, 11) is 1.63. The quantitative estimate of drug-likeness (QED) is 0.805. The van der Waals surface area contributed by atoms with E-state index in [0.717, 1.165) is 11.3 Å². The Morgan fingerprint density at radius 1 is 1.50 bits per heavy atom. The Labute approximate surface area is 135 Å². The minimum atomic E-state index is -0.0574. The predicted octanol–water partition coefficient (Wildman–Crippen LogP) is 2.14. The summed E-state index contributed by atoms with van der Waals surface area (Å²) < 4.78 is 5.24. The van der Waals surface area contributed by atoms with Gasteiger partial charge in [-0.25, -0.2) is 0 Å². The molecule has 0 aliphatic carbocycles. The Balaban J connectivity index is 2.08. The van der Waals surface area contributed by atoms with Crippen molar-refractivity contribution in [3.05, 3.63) is 29.8 Å². The van der Waals surface area contributed by atoms with Crippen LogP contribution >= 0.6 is 11.8 Å². The summed E-state index contributed by atoms with van der Waals surface area (Å²) in [5.74, 6) is 1.89. The molecule has 0 N–H and O–H groups in total. The SMILES string of the molecule is CCN(C(=O)CN1CSCC1=O)[C@@H](C)c1cccc(OC)c1. The molecule has 1 heterocycles. The second-order valence-electron chi connectivity index (χ2n) is 5.20. The predicted molar refractivity (Wildman–Crippen MR) is 87.8 cm³/mol. The molecule has 2 rings (SSSR count). The van der Waals surface area contributed by atoms with Gasteiger partial charge in [0.2, 0.25) is 11.8 Å². The lowest BCUT2D eigenvalue weighted by atomic mass is 10.1. The minimum absolute atomic E-state index is 0.0198. The number of carbonyl (C=O) groups excluding carboxylic acids is 2. The summed E-state index contributed by atoms with van der Waals surface area (Å²) in [6, 6.07) is 7.67. The number of carbonyl (C=O) groups is 2. The topological polar surface area (TPSA) is 49.9 Å². The second kappa shape index (κ2) is 7.54. The van der Waals surface area contributed by atoms with Gasteiger partial charge in [-0.3, -0.25) is 9.59 Å². The van der Waals surface area contributed by atoms with E-state index in [4.69, 9.17) is 4.74 Å². The summed E-state index contributed by atoms with van der Waals surface area (Å²) in [6.45, 7) is 4.71. The van der Waals surface area contributed by atoms with Gasteiger partial charge in [0.15, 0.2) is 0 Å². The molecule has 1 aromatic carbocycles. The fourth-order valence-electron chi connectivity index (χ4n) is 2.54. The van der Waals surface area contributed by atoms with Crippen LogP contribution in [0.25, 0.3) is 0 Å². The van der Waals surface area contributed by atoms with Crippen LogP contribution in [0, 0.1) is 0 Å². The highest BCUT2D eigenvalue weighted by Gasteiger charge is 2.27. The zero-order chi connectivity index (χ0) is 16.1. The summed E-state index contributed by atoms with van der Waals surface area (Å²) in [5, 5.41) is 0. The van der Waals surface area contributed by atoms with Gasteiger partial charge in [0.1, 0.15) is 12.3 Å². The van der Waals surface area contributed by atoms with Gasteiger partial charge in [-0.15, -0.1) is 11.8 Å². The smallest absolute Gasteiger partial charge is 0.242 e. The first kappa shape index (κ1) is 16.7. The highest BCUT2D eigenvalue weighted by Crippen LogP contribution is 2.24. The van der Waals surface area contributed by atoms with E-state index < -0.39 is 0 Å². The van der Waals surface area contributed by atoms with E-state index in [1.807, 2.05) is 38.1 Å². The van der Waals surface area contributed by atoms with Crippen molar-refractivity contribution >= 4 is 23.6 Å². The van der Waals surface area contributed by atoms with Crippen LogP contribution in [0.3, 0.4) is 0 Å². The average molecular weight is 322 g/mol. The number of benzene rings is 1. The molecule has 6 heteroatoms. The van der Waals surface area contributed by atoms with E-state index in [0.29, 0.717) is 18.2 Å². The molecule has 0 radical (unpaired) electrons. The van der Waals surface area contributed by atoms with E-state index in [2.05, 4.69) is 0 Å². The molecule has 22 heavy (non-hydrogen) atoms. The maximum absolute atomic E-state index is 12.5. The van der Waals surface area contributed by atoms with E-state index in [9.17, 15) is 9.59 Å². The number of thioether (sulfide) groups is 1. The highest BCUT2D eigenvalue weighted by molar-refractivity contribution is 8.00. The molecule has 1 atom stereocenters. The monoisotopic (exact) mass is 322 g/mol. The molecule has 1 aromatic rings. The van der Waals surface area contributed by atoms with Crippen LogP contribution in [0.15, 0.2) is 24.3 Å². The number of likely N-dealkylation sites (N-methyl/N-ethyl adjacent to an activating group) is 1. The van der Waals surface area contributed by atoms with Crippen molar-refractivity contribution in [2.45, 2.75) is 19.9 Å². The summed E-state index contributed by atoms with van der Waals surface area (Å²) >= 11 is 1.55. The molecule has 0 aromatic heterocycles. The molecule has 1 fully saturated rings. The van der Waals surface area contributed by atoms with Gasteiger partial charge < -0.3 is 14.5 Å². The van der Waals surface area contributed by atoms with Crippen LogP contribution in [0.1, 0.15) is 25.5 Å². The molecular weight excluding hydrogens is 300 g/mol. The van der Waals surface area contributed by atoms with Crippen LogP contribution in [0.4, 0.5) is 0 Å². The Morgan fingerprint density at radius 2 is 2.27 bits per heavy atom. The standard InChI is InChI=1S/C16H22N2O3S/c1-4-18(15(19)9-17-11-22-10-16(17)20)12(2)13-6-5-7-14(8-13)21-3/h5-8,12H,4,9-11H2,1-3H3/t12-/m0/s1. The van der Waals surface area contributed by atoms with E-state index >= 15 is 0 Å². The van der Waals surface area contributed by atoms with Crippen molar-refractivity contribution in [1.82, 2.24) is 9.80 Å². The van der Waals surface area contributed by atoms with Crippen molar-refractivity contribution in [2.24, 2.45) is 0 Å². The molecule has 0 saturated carbocycles. The van der Waals surface area contributed by atoms with Gasteiger partial charge in [-0.1, -0.05) is 12.1 Å². The zero-order valence-corrected chi connectivity index (χ0v) is 14.1. The number of nitrogens with zero attached hydrogens (tertiary/aromatic N) is 2. The van der Waals surface area contributed by atoms with Crippen molar-refractivity contribution < 1.29 is 14.3 Å². The van der Waals surface area contributed by atoms with Gasteiger partial charge >= 0.3 is 0 Å². The lowest BCUT2D eigenvalue weighted by Gasteiger charge is -2.30. The molecule has 1 saturated heterocycles. The lowest BCUT2D eigenvalue weighted by Crippen LogP contribution is -2.42. The third kappa shape index (κ3) is 3.74. The van der Waals surface area contributed by atoms with Crippen LogP contribution in [0.2, 0.25) is 0 Å². The van der Waals surface area contributed by atoms with E-state index in [1.54, 1.807) is 28.7 Å². The molecule has 5 nitrogen and oxygen atoms in total. The molecule has 1 aliphatic heterocycles. The third-order valence-corrected chi connectivity index (χ3v) is 4.80. The summed E-state index contributed by atoms with van der Waals surface area (Å²) in [6.07, 6.45) is 0. The van der Waals surface area contributed by atoms with Gasteiger partial charge in [-0.2, -0.15) is 0 Å². The Kier molecular flexibility index (Phi) is 5.71. The fourth-order valence-corrected chi connectivity index (χ4v) is 3.45. The highest BCUT2D eigenvalue weighted by atomic mass is 32.2. The number of ether oxygens (including phenoxy) is 1. The van der Waals surface area contributed by atoms with E-state index in [-0.39, 0.29) is 24.4 Å². The van der Waals surface area contributed by atoms with Gasteiger partial charge in [0, 0.05) is 6.54 Å². The van der Waals surface area contributed by atoms with E-state index in [1.165, 1.54) is 0 Å². The van der Waals surface area contributed by atoms with Gasteiger partial charge in [-0.05, 0) is 31.5 Å². The maximum atomic E-state index is 12.5. The second-order valence-corrected chi connectivity index (χ2v) is 6.16. The molecule has 0 unspecified atom stereocenters. The molecule has 0 spiro atoms. The Morgan fingerprint density at radius 3 is 2.86 bits per heavy atom. The van der Waals surface area contributed by atoms with Crippen molar-refractivity contribution in [1.29, 1.82) is 0 Å². The Hall–Kier alpha value is -1.69. The van der Waals surface area contributed by atoms with Crippen LogP contribution in [-0.2, 0) is 9.59 Å². The zero-order valence-electron chi connectivity index (χ0n) is 13.2. The van der Waals surface area contributed by atoms with Crippen molar-refractivity contribution in [3.8, 4) is 5.75 Å². The van der Waals surface area contributed by atoms with Crippen molar-refractivity contribution in [2.75, 3.05) is 31.8 Å². The molecule has 0 bridgehead atoms. The van der Waals surface area contributed by atoms with Gasteiger partial charge in [0.25, 0.3) is 0 Å². The number of amides is 2. The van der Waals surface area contributed by atoms with Crippen LogP contribution in [0.5, 0.6) is 5.75 Å². The molecule has 2 amide bonds. The van der Waals surface area contributed by atoms with Crippen LogP contribution in [-0.4, -0.2) is 53.4 Å². The van der Waals surface area contributed by atoms with Gasteiger partial charge in [0.05, 0.1) is 24.8 Å². The normalized spacial score (nSPS) is 15.8. The number of hydrogen-bond donors (Lipinski definition) is 0. The number of rotatable bonds is 6. The summed E-state index contributed by atoms with van der Waals surface area (Å²) in [5.41, 5.74) is 1.02. The average Bonchev–Trinajstić information content (AvgIpc) is 2.93. The first-order chi connectivity index (χ1) is 10.6. The first-order valence-corrected chi connectivity index (χ1v) is 8.51. The number of hydrogen-bond acceptors (Lipinski definition) is 4. The lowest BCUT2D eigenvalue weighted by molar-refractivity contribution is -0.139. The first-order valence-electron chi connectivity index (χ1n) is 7.35. The Bertz CT molecular complexity index is 550. The molecular formula is C16H22N2O3S. The summed E-state index contributed by atoms with van der Waals surface area (Å²) in [4.78, 5) is 27.6. The molecule has 1 aliphatic rings. The fraction of sp³-hybridized carbons (Fsp3) is 0.500. The van der Waals surface area contributed by atoms with Crippen LogP contribution < -0.4 is 4.74 Å². The maximum Gasteiger partial charge on any atom is 0.242 e. The largest absolute Gasteiger partial charge is 0.497 e. The number of methoxy groups -OCH3 is 1. The van der Waals surface area contributed by atoms with Crippen molar-refractivity contribution in [3.63, 3.8) is 0 Å². The molecule has 120 valence electrons.